The van der Waals surface area contributed by atoms with Crippen LogP contribution in [0.15, 0.2) is 24.3 Å². The van der Waals surface area contributed by atoms with Crippen molar-refractivity contribution in [2.24, 2.45) is 0 Å². The predicted octanol–water partition coefficient (Wildman–Crippen LogP) is 2.59. The van der Waals surface area contributed by atoms with Crippen molar-refractivity contribution >= 4 is 0 Å². The van der Waals surface area contributed by atoms with Gasteiger partial charge in [0.1, 0.15) is 5.82 Å². The lowest BCUT2D eigenvalue weighted by Gasteiger charge is -2.15. The van der Waals surface area contributed by atoms with E-state index >= 15 is 0 Å². The normalized spacial score (nSPS) is 14.3. The van der Waals surface area contributed by atoms with Crippen molar-refractivity contribution in [2.45, 2.75) is 31.8 Å². The summed E-state index contributed by atoms with van der Waals surface area (Å²) in [7, 11) is 0. The number of hydrogen-bond acceptors (Lipinski definition) is 2. The summed E-state index contributed by atoms with van der Waals surface area (Å²) in [5, 5.41) is 18.6. The number of nitriles is 1. The van der Waals surface area contributed by atoms with E-state index in [1.54, 1.807) is 12.1 Å². The Morgan fingerprint density at radius 3 is 2.80 bits per heavy atom. The van der Waals surface area contributed by atoms with Crippen LogP contribution in [-0.2, 0) is 0 Å². The number of aliphatic hydroxyl groups is 1. The molecule has 0 saturated heterocycles. The third-order valence-corrected chi connectivity index (χ3v) is 2.32. The molecule has 0 aromatic heterocycles. The lowest BCUT2D eigenvalue weighted by atomic mass is 9.92. The molecule has 80 valence electrons. The van der Waals surface area contributed by atoms with Crippen molar-refractivity contribution in [3.05, 3.63) is 35.6 Å². The van der Waals surface area contributed by atoms with E-state index in [1.165, 1.54) is 12.1 Å². The average molecular weight is 207 g/mol. The van der Waals surface area contributed by atoms with Crippen molar-refractivity contribution in [3.63, 3.8) is 0 Å². The van der Waals surface area contributed by atoms with Gasteiger partial charge in [-0.15, -0.1) is 0 Å². The second kappa shape index (κ2) is 5.47. The highest BCUT2D eigenvalue weighted by Crippen LogP contribution is 2.22. The maximum absolute atomic E-state index is 12.9. The Labute approximate surface area is 89.0 Å². The van der Waals surface area contributed by atoms with Crippen LogP contribution in [0.5, 0.6) is 0 Å². The summed E-state index contributed by atoms with van der Waals surface area (Å²) >= 11 is 0. The van der Waals surface area contributed by atoms with E-state index < -0.39 is 12.0 Å². The minimum absolute atomic E-state index is 0.378. The standard InChI is InChI=1S/C12H14FNO/c1-2-4-12(15)11(8-14)9-5-3-6-10(13)7-9/h3,5-7,11-12,15H,2,4H2,1H3. The molecule has 0 radical (unpaired) electrons. The van der Waals surface area contributed by atoms with Crippen LogP contribution in [-0.4, -0.2) is 11.2 Å². The largest absolute Gasteiger partial charge is 0.391 e. The summed E-state index contributed by atoms with van der Waals surface area (Å²) in [6.45, 7) is 1.93. The summed E-state index contributed by atoms with van der Waals surface area (Å²) < 4.78 is 12.9. The molecule has 0 spiro atoms. The summed E-state index contributed by atoms with van der Waals surface area (Å²) in [6.07, 6.45) is 0.630. The molecule has 1 aromatic rings. The third-order valence-electron chi connectivity index (χ3n) is 2.32. The summed E-state index contributed by atoms with van der Waals surface area (Å²) in [4.78, 5) is 0. The van der Waals surface area contributed by atoms with Gasteiger partial charge in [-0.05, 0) is 24.1 Å². The molecule has 0 aliphatic heterocycles. The van der Waals surface area contributed by atoms with Crippen molar-refractivity contribution in [1.29, 1.82) is 5.26 Å². The first kappa shape index (κ1) is 11.7. The number of halogens is 1. The van der Waals surface area contributed by atoms with Gasteiger partial charge >= 0.3 is 0 Å². The van der Waals surface area contributed by atoms with E-state index in [4.69, 9.17) is 5.26 Å². The van der Waals surface area contributed by atoms with E-state index in [2.05, 4.69) is 0 Å². The van der Waals surface area contributed by atoms with Crippen molar-refractivity contribution in [3.8, 4) is 6.07 Å². The molecule has 0 bridgehead atoms. The van der Waals surface area contributed by atoms with Gasteiger partial charge in [0.25, 0.3) is 0 Å². The van der Waals surface area contributed by atoms with Gasteiger partial charge in [0.15, 0.2) is 0 Å². The highest BCUT2D eigenvalue weighted by atomic mass is 19.1. The predicted molar refractivity (Wildman–Crippen MR) is 55.7 cm³/mol. The maximum atomic E-state index is 12.9. The van der Waals surface area contributed by atoms with Crippen LogP contribution < -0.4 is 0 Å². The Balaban J connectivity index is 2.88. The molecule has 2 unspecified atom stereocenters. The zero-order chi connectivity index (χ0) is 11.3. The number of nitrogens with zero attached hydrogens (tertiary/aromatic N) is 1. The zero-order valence-corrected chi connectivity index (χ0v) is 8.65. The molecule has 0 saturated carbocycles. The number of benzene rings is 1. The molecule has 0 heterocycles. The van der Waals surface area contributed by atoms with Gasteiger partial charge in [0.2, 0.25) is 0 Å². The highest BCUT2D eigenvalue weighted by Gasteiger charge is 2.20. The molecule has 0 aliphatic carbocycles. The minimum Gasteiger partial charge on any atom is -0.391 e. The molecule has 2 nitrogen and oxygen atoms in total. The van der Waals surface area contributed by atoms with Gasteiger partial charge in [0, 0.05) is 0 Å². The third kappa shape index (κ3) is 3.03. The Morgan fingerprint density at radius 1 is 1.53 bits per heavy atom. The Bertz CT molecular complexity index is 359. The van der Waals surface area contributed by atoms with Gasteiger partial charge < -0.3 is 5.11 Å². The van der Waals surface area contributed by atoms with Crippen molar-refractivity contribution in [1.82, 2.24) is 0 Å². The highest BCUT2D eigenvalue weighted by molar-refractivity contribution is 5.26. The molecule has 0 amide bonds. The topological polar surface area (TPSA) is 44.0 Å². The Kier molecular flexibility index (Phi) is 4.26. The SMILES string of the molecule is CCCC(O)C(C#N)c1cccc(F)c1. The van der Waals surface area contributed by atoms with E-state index in [1.807, 2.05) is 13.0 Å². The van der Waals surface area contributed by atoms with Crippen LogP contribution in [0.25, 0.3) is 0 Å². The summed E-state index contributed by atoms with van der Waals surface area (Å²) in [6, 6.07) is 7.85. The van der Waals surface area contributed by atoms with Crippen LogP contribution in [0.1, 0.15) is 31.2 Å². The second-order valence-corrected chi connectivity index (χ2v) is 3.52. The Morgan fingerprint density at radius 2 is 2.27 bits per heavy atom. The Hall–Kier alpha value is -1.40. The molecule has 0 fully saturated rings. The first-order chi connectivity index (χ1) is 7.19. The molecular weight excluding hydrogens is 193 g/mol. The van der Waals surface area contributed by atoms with E-state index in [9.17, 15) is 9.50 Å². The first-order valence-corrected chi connectivity index (χ1v) is 5.02. The minimum atomic E-state index is -0.721. The van der Waals surface area contributed by atoms with Gasteiger partial charge in [-0.25, -0.2) is 4.39 Å². The number of hydrogen-bond donors (Lipinski definition) is 1. The molecule has 1 aromatic carbocycles. The molecule has 3 heteroatoms. The lowest BCUT2D eigenvalue weighted by Crippen LogP contribution is -2.16. The van der Waals surface area contributed by atoms with Gasteiger partial charge in [-0.1, -0.05) is 25.5 Å². The molecule has 2 atom stereocenters. The smallest absolute Gasteiger partial charge is 0.123 e. The first-order valence-electron chi connectivity index (χ1n) is 5.02. The van der Waals surface area contributed by atoms with Crippen LogP contribution in [0.4, 0.5) is 4.39 Å². The number of aliphatic hydroxyl groups excluding tert-OH is 1. The van der Waals surface area contributed by atoms with Crippen molar-refractivity contribution < 1.29 is 9.50 Å². The second-order valence-electron chi connectivity index (χ2n) is 3.52. The van der Waals surface area contributed by atoms with Gasteiger partial charge in [-0.2, -0.15) is 5.26 Å². The van der Waals surface area contributed by atoms with Crippen LogP contribution in [0.3, 0.4) is 0 Å². The molecule has 1 rings (SSSR count). The fourth-order valence-corrected chi connectivity index (χ4v) is 1.55. The van der Waals surface area contributed by atoms with Gasteiger partial charge in [0.05, 0.1) is 18.1 Å². The quantitative estimate of drug-likeness (QED) is 0.824. The molecule has 15 heavy (non-hydrogen) atoms. The van der Waals surface area contributed by atoms with Gasteiger partial charge in [-0.3, -0.25) is 0 Å². The van der Waals surface area contributed by atoms with E-state index in [-0.39, 0.29) is 5.82 Å². The fraction of sp³-hybridized carbons (Fsp3) is 0.417. The van der Waals surface area contributed by atoms with E-state index in [0.717, 1.165) is 6.42 Å². The molecule has 1 N–H and O–H groups in total. The monoisotopic (exact) mass is 207 g/mol. The van der Waals surface area contributed by atoms with Crippen LogP contribution in [0.2, 0.25) is 0 Å². The molecule has 0 aliphatic rings. The summed E-state index contributed by atoms with van der Waals surface area (Å²) in [5.41, 5.74) is 0.540. The molecular formula is C12H14FNO. The zero-order valence-electron chi connectivity index (χ0n) is 8.65. The van der Waals surface area contributed by atoms with Crippen LogP contribution >= 0.6 is 0 Å². The average Bonchev–Trinajstić information content (AvgIpc) is 2.19. The fourth-order valence-electron chi connectivity index (χ4n) is 1.55. The van der Waals surface area contributed by atoms with Crippen LogP contribution in [0, 0.1) is 17.1 Å². The van der Waals surface area contributed by atoms with E-state index in [0.29, 0.717) is 12.0 Å². The summed E-state index contributed by atoms with van der Waals surface area (Å²) in [5.74, 6) is -1.02. The van der Waals surface area contributed by atoms with Crippen molar-refractivity contribution in [2.75, 3.05) is 0 Å². The number of rotatable bonds is 4. The maximum Gasteiger partial charge on any atom is 0.123 e. The lowest BCUT2D eigenvalue weighted by molar-refractivity contribution is 0.150.